The molecule has 0 radical (unpaired) electrons. The summed E-state index contributed by atoms with van der Waals surface area (Å²) < 4.78 is 5.16. The van der Waals surface area contributed by atoms with E-state index in [1.54, 1.807) is 36.4 Å². The van der Waals surface area contributed by atoms with Crippen molar-refractivity contribution in [3.05, 3.63) is 59.5 Å². The van der Waals surface area contributed by atoms with Crippen LogP contribution in [-0.4, -0.2) is 23.4 Å². The van der Waals surface area contributed by atoms with Gasteiger partial charge in [0, 0.05) is 5.56 Å². The number of hydrogen-bond acceptors (Lipinski definition) is 4. The molecular formula is C15H15NO4. The van der Waals surface area contributed by atoms with E-state index >= 15 is 0 Å². The lowest BCUT2D eigenvalue weighted by Gasteiger charge is -2.15. The topological polar surface area (TPSA) is 79.5 Å². The third-order valence-electron chi connectivity index (χ3n) is 2.93. The van der Waals surface area contributed by atoms with E-state index in [0.29, 0.717) is 11.3 Å². The number of carbonyl (C=O) groups excluding carboxylic acids is 2. The van der Waals surface area contributed by atoms with Gasteiger partial charge in [-0.3, -0.25) is 9.59 Å². The summed E-state index contributed by atoms with van der Waals surface area (Å²) in [5.41, 5.74) is 0.631. The molecule has 0 aliphatic heterocycles. The average molecular weight is 273 g/mol. The number of rotatable bonds is 5. The molecule has 104 valence electrons. The van der Waals surface area contributed by atoms with Crippen molar-refractivity contribution in [3.8, 4) is 0 Å². The van der Waals surface area contributed by atoms with Gasteiger partial charge in [0.2, 0.25) is 0 Å². The fourth-order valence-electron chi connectivity index (χ4n) is 1.92. The van der Waals surface area contributed by atoms with Gasteiger partial charge in [0.15, 0.2) is 5.78 Å². The van der Waals surface area contributed by atoms with E-state index in [9.17, 15) is 14.7 Å². The van der Waals surface area contributed by atoms with E-state index < -0.39 is 11.9 Å². The van der Waals surface area contributed by atoms with Gasteiger partial charge >= 0.3 is 0 Å². The number of aliphatic hydroxyl groups excluding tert-OH is 1. The number of benzene rings is 1. The number of Topliss-reactive ketones (excluding diaryl/α,β-unsaturated/α-hetero) is 1. The van der Waals surface area contributed by atoms with Gasteiger partial charge in [-0.05, 0) is 25.1 Å². The molecule has 2 rings (SSSR count). The first-order chi connectivity index (χ1) is 9.63. The number of hydrogen-bond donors (Lipinski definition) is 2. The maximum atomic E-state index is 12.2. The van der Waals surface area contributed by atoms with Crippen LogP contribution in [0.15, 0.2) is 47.1 Å². The summed E-state index contributed by atoms with van der Waals surface area (Å²) in [7, 11) is 0. The van der Waals surface area contributed by atoms with Crippen molar-refractivity contribution in [2.24, 2.45) is 0 Å². The van der Waals surface area contributed by atoms with Crippen LogP contribution in [0, 0.1) is 0 Å². The van der Waals surface area contributed by atoms with Crippen LogP contribution in [0.2, 0.25) is 0 Å². The molecule has 0 aliphatic carbocycles. The zero-order chi connectivity index (χ0) is 14.5. The SMILES string of the molecule is CC(=O)c1ccccc1C(=O)NC(CO)c1ccco1. The number of aliphatic hydroxyl groups is 1. The number of amides is 1. The molecule has 0 saturated carbocycles. The fourth-order valence-corrected chi connectivity index (χ4v) is 1.92. The summed E-state index contributed by atoms with van der Waals surface area (Å²) >= 11 is 0. The molecule has 0 spiro atoms. The largest absolute Gasteiger partial charge is 0.467 e. The Labute approximate surface area is 116 Å². The van der Waals surface area contributed by atoms with Crippen LogP contribution < -0.4 is 5.32 Å². The summed E-state index contributed by atoms with van der Waals surface area (Å²) in [6.07, 6.45) is 1.47. The summed E-state index contributed by atoms with van der Waals surface area (Å²) in [5.74, 6) is -0.151. The summed E-state index contributed by atoms with van der Waals surface area (Å²) in [6.45, 7) is 1.11. The van der Waals surface area contributed by atoms with Gasteiger partial charge in [-0.25, -0.2) is 0 Å². The van der Waals surface area contributed by atoms with Crippen molar-refractivity contribution in [2.75, 3.05) is 6.61 Å². The molecule has 1 aromatic carbocycles. The van der Waals surface area contributed by atoms with Gasteiger partial charge in [0.25, 0.3) is 5.91 Å². The monoisotopic (exact) mass is 273 g/mol. The van der Waals surface area contributed by atoms with Gasteiger partial charge in [0.1, 0.15) is 11.8 Å². The van der Waals surface area contributed by atoms with Gasteiger partial charge in [-0.15, -0.1) is 0 Å². The molecule has 2 N–H and O–H groups in total. The second kappa shape index (κ2) is 6.16. The van der Waals surface area contributed by atoms with E-state index in [1.165, 1.54) is 13.2 Å². The van der Waals surface area contributed by atoms with E-state index in [4.69, 9.17) is 4.42 Å². The predicted octanol–water partition coefficient (Wildman–Crippen LogP) is 1.95. The van der Waals surface area contributed by atoms with E-state index in [0.717, 1.165) is 0 Å². The van der Waals surface area contributed by atoms with Crippen molar-refractivity contribution in [2.45, 2.75) is 13.0 Å². The van der Waals surface area contributed by atoms with Crippen LogP contribution in [0.25, 0.3) is 0 Å². The minimum atomic E-state index is -0.641. The van der Waals surface area contributed by atoms with Crippen molar-refractivity contribution < 1.29 is 19.1 Å². The molecule has 2 aromatic rings. The first-order valence-corrected chi connectivity index (χ1v) is 6.18. The maximum Gasteiger partial charge on any atom is 0.252 e. The van der Waals surface area contributed by atoms with Crippen molar-refractivity contribution in [1.29, 1.82) is 0 Å². The van der Waals surface area contributed by atoms with Gasteiger partial charge in [0.05, 0.1) is 18.4 Å². The Hall–Kier alpha value is -2.40. The second-order valence-corrected chi connectivity index (χ2v) is 4.33. The molecular weight excluding hydrogens is 258 g/mol. The zero-order valence-electron chi connectivity index (χ0n) is 11.0. The third kappa shape index (κ3) is 2.95. The quantitative estimate of drug-likeness (QED) is 0.816. The van der Waals surface area contributed by atoms with Crippen molar-refractivity contribution >= 4 is 11.7 Å². The maximum absolute atomic E-state index is 12.2. The van der Waals surface area contributed by atoms with Crippen LogP contribution in [0.1, 0.15) is 39.4 Å². The predicted molar refractivity (Wildman–Crippen MR) is 72.4 cm³/mol. The number of furan rings is 1. The summed E-state index contributed by atoms with van der Waals surface area (Å²) in [6, 6.07) is 9.25. The number of ketones is 1. The van der Waals surface area contributed by atoms with Gasteiger partial charge in [-0.2, -0.15) is 0 Å². The Morgan fingerprint density at radius 3 is 2.45 bits per heavy atom. The molecule has 0 fully saturated rings. The summed E-state index contributed by atoms with van der Waals surface area (Å²) in [5, 5.41) is 12.0. The molecule has 1 heterocycles. The third-order valence-corrected chi connectivity index (χ3v) is 2.93. The molecule has 5 nitrogen and oxygen atoms in total. The van der Waals surface area contributed by atoms with Crippen LogP contribution in [0.4, 0.5) is 0 Å². The molecule has 0 saturated heterocycles. The first-order valence-electron chi connectivity index (χ1n) is 6.18. The standard InChI is InChI=1S/C15H15NO4/c1-10(18)11-5-2-3-6-12(11)15(19)16-13(9-17)14-7-4-8-20-14/h2-8,13,17H,9H2,1H3,(H,16,19). The average Bonchev–Trinajstić information content (AvgIpc) is 2.98. The fraction of sp³-hybridized carbons (Fsp3) is 0.200. The smallest absolute Gasteiger partial charge is 0.252 e. The van der Waals surface area contributed by atoms with E-state index in [2.05, 4.69) is 5.32 Å². The lowest BCUT2D eigenvalue weighted by molar-refractivity contribution is 0.0898. The molecule has 1 amide bonds. The van der Waals surface area contributed by atoms with E-state index in [-0.39, 0.29) is 18.0 Å². The summed E-state index contributed by atoms with van der Waals surface area (Å²) in [4.78, 5) is 23.7. The highest BCUT2D eigenvalue weighted by Crippen LogP contribution is 2.15. The Morgan fingerprint density at radius 2 is 1.90 bits per heavy atom. The van der Waals surface area contributed by atoms with Gasteiger partial charge < -0.3 is 14.8 Å². The van der Waals surface area contributed by atoms with Crippen LogP contribution >= 0.6 is 0 Å². The molecule has 20 heavy (non-hydrogen) atoms. The first kappa shape index (κ1) is 14.0. The Balaban J connectivity index is 2.22. The normalized spacial score (nSPS) is 11.9. The highest BCUT2D eigenvalue weighted by molar-refractivity contribution is 6.07. The lowest BCUT2D eigenvalue weighted by Crippen LogP contribution is -2.31. The van der Waals surface area contributed by atoms with Crippen LogP contribution in [0.5, 0.6) is 0 Å². The van der Waals surface area contributed by atoms with Crippen molar-refractivity contribution in [1.82, 2.24) is 5.32 Å². The molecule has 0 bridgehead atoms. The number of carbonyl (C=O) groups is 2. The Bertz CT molecular complexity index is 604. The minimum Gasteiger partial charge on any atom is -0.467 e. The van der Waals surface area contributed by atoms with Crippen LogP contribution in [-0.2, 0) is 0 Å². The molecule has 1 unspecified atom stereocenters. The van der Waals surface area contributed by atoms with Crippen molar-refractivity contribution in [3.63, 3.8) is 0 Å². The van der Waals surface area contributed by atoms with E-state index in [1.807, 2.05) is 0 Å². The lowest BCUT2D eigenvalue weighted by atomic mass is 10.0. The second-order valence-electron chi connectivity index (χ2n) is 4.33. The molecule has 0 aliphatic rings. The molecule has 5 heteroatoms. The highest BCUT2D eigenvalue weighted by Gasteiger charge is 2.19. The zero-order valence-corrected chi connectivity index (χ0v) is 11.0. The minimum absolute atomic E-state index is 0.186. The number of nitrogens with one attached hydrogen (secondary N) is 1. The molecule has 1 aromatic heterocycles. The Kier molecular flexibility index (Phi) is 4.32. The van der Waals surface area contributed by atoms with Crippen LogP contribution in [0.3, 0.4) is 0 Å². The molecule has 1 atom stereocenters. The Morgan fingerprint density at radius 1 is 1.20 bits per heavy atom. The highest BCUT2D eigenvalue weighted by atomic mass is 16.3. The van der Waals surface area contributed by atoms with Gasteiger partial charge in [-0.1, -0.05) is 18.2 Å².